The second-order valence-electron chi connectivity index (χ2n) is 1.79. The molecule has 0 saturated heterocycles. The van der Waals surface area contributed by atoms with Crippen molar-refractivity contribution in [2.75, 3.05) is 5.73 Å². The summed E-state index contributed by atoms with van der Waals surface area (Å²) in [6.45, 7) is 5.61. The fourth-order valence-corrected chi connectivity index (χ4v) is 0.632. The normalized spacial score (nSPS) is 12.3. The van der Waals surface area contributed by atoms with Gasteiger partial charge in [0, 0.05) is 5.22 Å². The van der Waals surface area contributed by atoms with Crippen molar-refractivity contribution in [1.29, 1.82) is 0 Å². The van der Waals surface area contributed by atoms with E-state index in [2.05, 4.69) is 16.8 Å². The largest absolute Gasteiger partial charge is 0.382 e. The summed E-state index contributed by atoms with van der Waals surface area (Å²) in [6.07, 6.45) is 1.88. The molecule has 0 atom stereocenters. The van der Waals surface area contributed by atoms with Crippen molar-refractivity contribution in [3.05, 3.63) is 10.6 Å². The highest BCUT2D eigenvalue weighted by Gasteiger charge is 1.88. The van der Waals surface area contributed by atoms with E-state index in [0.29, 0.717) is 5.82 Å². The maximum absolute atomic E-state index is 5.39. The van der Waals surface area contributed by atoms with Crippen LogP contribution in [0, 0.1) is 0 Å². The zero-order valence-corrected chi connectivity index (χ0v) is 5.31. The Balaban J connectivity index is 3.57. The van der Waals surface area contributed by atoms with Crippen LogP contribution in [0.15, 0.2) is 0 Å². The summed E-state index contributed by atoms with van der Waals surface area (Å²) < 4.78 is 0. The molecule has 0 aliphatic carbocycles. The molecule has 9 heavy (non-hydrogen) atoms. The quantitative estimate of drug-likeness (QED) is 0.474. The lowest BCUT2D eigenvalue weighted by atomic mass is 10.4. The van der Waals surface area contributed by atoms with Gasteiger partial charge in [-0.15, -0.1) is 0 Å². The van der Waals surface area contributed by atoms with Crippen molar-refractivity contribution < 1.29 is 0 Å². The maximum atomic E-state index is 5.39. The van der Waals surface area contributed by atoms with Crippen molar-refractivity contribution in [3.63, 3.8) is 0 Å². The van der Waals surface area contributed by atoms with Crippen molar-refractivity contribution in [2.45, 2.75) is 6.92 Å². The molecule has 1 rings (SSSR count). The lowest BCUT2D eigenvalue weighted by molar-refractivity contribution is 1.07. The number of rotatable bonds is 0. The van der Waals surface area contributed by atoms with Crippen LogP contribution in [0.3, 0.4) is 0 Å². The van der Waals surface area contributed by atoms with Gasteiger partial charge in [-0.1, -0.05) is 12.7 Å². The molecule has 1 aromatic heterocycles. The maximum Gasteiger partial charge on any atom is 0.152 e. The molecule has 0 spiro atoms. The number of nitrogen functional groups attached to an aromatic ring is 1. The van der Waals surface area contributed by atoms with Crippen molar-refractivity contribution in [3.8, 4) is 0 Å². The third-order valence-corrected chi connectivity index (χ3v) is 1.22. The van der Waals surface area contributed by atoms with Crippen LogP contribution < -0.4 is 16.3 Å². The Bertz CT molecular complexity index is 297. The molecule has 1 heterocycles. The van der Waals surface area contributed by atoms with Gasteiger partial charge >= 0.3 is 0 Å². The summed E-state index contributed by atoms with van der Waals surface area (Å²) in [5.74, 6) is 0.475. The van der Waals surface area contributed by atoms with Gasteiger partial charge in [0.15, 0.2) is 5.82 Å². The molecule has 0 unspecified atom stereocenters. The van der Waals surface area contributed by atoms with Crippen molar-refractivity contribution >= 4 is 18.5 Å². The van der Waals surface area contributed by atoms with E-state index in [1.165, 1.54) is 0 Å². The molecule has 3 heteroatoms. The van der Waals surface area contributed by atoms with E-state index < -0.39 is 0 Å². The SMILES string of the molecule is C=c1c(N)n[nH]c1=CC. The summed E-state index contributed by atoms with van der Waals surface area (Å²) in [5.41, 5.74) is 5.39. The van der Waals surface area contributed by atoms with Gasteiger partial charge in [0.2, 0.25) is 0 Å². The third kappa shape index (κ3) is 0.806. The Morgan fingerprint density at radius 1 is 1.78 bits per heavy atom. The lowest BCUT2D eigenvalue weighted by Crippen LogP contribution is -2.21. The van der Waals surface area contributed by atoms with E-state index in [-0.39, 0.29) is 0 Å². The number of aromatic nitrogens is 2. The minimum atomic E-state index is 0.475. The fourth-order valence-electron chi connectivity index (χ4n) is 0.632. The highest BCUT2D eigenvalue weighted by Crippen LogP contribution is 1.71. The van der Waals surface area contributed by atoms with Crippen LogP contribution in [0.1, 0.15) is 6.92 Å². The van der Waals surface area contributed by atoms with Gasteiger partial charge in [0.05, 0.1) is 5.35 Å². The van der Waals surface area contributed by atoms with Gasteiger partial charge < -0.3 is 5.73 Å². The molecular formula is C6H9N3. The molecule has 0 fully saturated rings. The first-order valence-electron chi connectivity index (χ1n) is 2.71. The molecule has 0 aliphatic heterocycles. The number of nitrogens with one attached hydrogen (secondary N) is 1. The number of H-pyrrole nitrogens is 1. The molecule has 48 valence electrons. The predicted molar refractivity (Wildman–Crippen MR) is 37.9 cm³/mol. The van der Waals surface area contributed by atoms with E-state index in [1.54, 1.807) is 0 Å². The first kappa shape index (κ1) is 5.88. The average molecular weight is 123 g/mol. The molecule has 0 amide bonds. The summed E-state index contributed by atoms with van der Waals surface area (Å²) in [6, 6.07) is 0. The molecule has 0 radical (unpaired) electrons. The van der Waals surface area contributed by atoms with Crippen LogP contribution >= 0.6 is 0 Å². The zero-order valence-electron chi connectivity index (χ0n) is 5.31. The van der Waals surface area contributed by atoms with Gasteiger partial charge in [-0.05, 0) is 6.92 Å². The summed E-state index contributed by atoms with van der Waals surface area (Å²) in [7, 11) is 0. The monoisotopic (exact) mass is 123 g/mol. The van der Waals surface area contributed by atoms with Crippen LogP contribution in [-0.4, -0.2) is 10.2 Å². The minimum absolute atomic E-state index is 0.475. The number of hydrogen-bond donors (Lipinski definition) is 2. The molecule has 0 saturated carbocycles. The Morgan fingerprint density at radius 2 is 2.44 bits per heavy atom. The summed E-state index contributed by atoms with van der Waals surface area (Å²) >= 11 is 0. The molecule has 3 N–H and O–H groups in total. The van der Waals surface area contributed by atoms with Gasteiger partial charge in [0.25, 0.3) is 0 Å². The van der Waals surface area contributed by atoms with E-state index in [1.807, 2.05) is 13.0 Å². The summed E-state index contributed by atoms with van der Waals surface area (Å²) in [4.78, 5) is 0. The Labute approximate surface area is 52.9 Å². The van der Waals surface area contributed by atoms with Crippen LogP contribution in [0.4, 0.5) is 5.82 Å². The topological polar surface area (TPSA) is 54.7 Å². The van der Waals surface area contributed by atoms with E-state index >= 15 is 0 Å². The molecule has 0 aromatic carbocycles. The lowest BCUT2D eigenvalue weighted by Gasteiger charge is -1.72. The van der Waals surface area contributed by atoms with Gasteiger partial charge in [-0.2, -0.15) is 5.10 Å². The van der Waals surface area contributed by atoms with Crippen molar-refractivity contribution in [2.24, 2.45) is 0 Å². The first-order chi connectivity index (χ1) is 4.25. The van der Waals surface area contributed by atoms with E-state index in [4.69, 9.17) is 5.73 Å². The second kappa shape index (κ2) is 1.93. The van der Waals surface area contributed by atoms with Crippen LogP contribution in [-0.2, 0) is 0 Å². The number of nitrogens with zero attached hydrogens (tertiary/aromatic N) is 1. The Morgan fingerprint density at radius 3 is 2.67 bits per heavy atom. The smallest absolute Gasteiger partial charge is 0.152 e. The van der Waals surface area contributed by atoms with Gasteiger partial charge in [-0.25, -0.2) is 0 Å². The summed E-state index contributed by atoms with van der Waals surface area (Å²) in [5, 5.41) is 8.15. The molecule has 0 aliphatic rings. The van der Waals surface area contributed by atoms with Gasteiger partial charge in [-0.3, -0.25) is 5.10 Å². The molecule has 1 aromatic rings. The number of aromatic amines is 1. The highest BCUT2D eigenvalue weighted by molar-refractivity contribution is 5.33. The Hall–Kier alpha value is -1.25. The van der Waals surface area contributed by atoms with E-state index in [9.17, 15) is 0 Å². The highest BCUT2D eigenvalue weighted by atomic mass is 15.1. The standard InChI is InChI=1S/C6H9N3/c1-3-5-4(2)6(7)9-8-5/h3,8H,2H2,1H3,(H2,7,9). The molecule has 0 bridgehead atoms. The number of hydrogen-bond acceptors (Lipinski definition) is 2. The fraction of sp³-hybridized carbons (Fsp3) is 0.167. The molecule has 3 nitrogen and oxygen atoms in total. The zero-order chi connectivity index (χ0) is 6.85. The van der Waals surface area contributed by atoms with E-state index in [0.717, 1.165) is 10.6 Å². The Kier molecular flexibility index (Phi) is 1.26. The minimum Gasteiger partial charge on any atom is -0.382 e. The van der Waals surface area contributed by atoms with Gasteiger partial charge in [0.1, 0.15) is 0 Å². The third-order valence-electron chi connectivity index (χ3n) is 1.22. The second-order valence-corrected chi connectivity index (χ2v) is 1.79. The predicted octanol–water partition coefficient (Wildman–Crippen LogP) is -0.797. The van der Waals surface area contributed by atoms with Crippen LogP contribution in [0.25, 0.3) is 12.7 Å². The first-order valence-corrected chi connectivity index (χ1v) is 2.71. The number of nitrogens with two attached hydrogens (primary N) is 1. The molecular weight excluding hydrogens is 114 g/mol. The van der Waals surface area contributed by atoms with Crippen LogP contribution in [0.2, 0.25) is 0 Å². The number of anilines is 1. The van der Waals surface area contributed by atoms with Crippen LogP contribution in [0.5, 0.6) is 0 Å². The van der Waals surface area contributed by atoms with Crippen molar-refractivity contribution in [1.82, 2.24) is 10.2 Å². The average Bonchev–Trinajstić information content (AvgIpc) is 2.15.